The van der Waals surface area contributed by atoms with E-state index in [0.29, 0.717) is 19.1 Å². The third-order valence-corrected chi connectivity index (χ3v) is 4.06. The average Bonchev–Trinajstić information content (AvgIpc) is 2.37. The Morgan fingerprint density at radius 2 is 1.89 bits per heavy atom. The monoisotopic (exact) mass is 313 g/mol. The summed E-state index contributed by atoms with van der Waals surface area (Å²) >= 11 is 3.58. The molecular weight excluding hydrogens is 294 g/mol. The van der Waals surface area contributed by atoms with Crippen molar-refractivity contribution in [1.82, 2.24) is 0 Å². The summed E-state index contributed by atoms with van der Waals surface area (Å²) in [4.78, 5) is 0. The first-order valence-electron chi connectivity index (χ1n) is 6.48. The number of hydrogen-bond donors (Lipinski definition) is 1. The van der Waals surface area contributed by atoms with Gasteiger partial charge in [-0.2, -0.15) is 0 Å². The summed E-state index contributed by atoms with van der Waals surface area (Å²) < 4.78 is 12.2. The molecule has 1 heterocycles. The summed E-state index contributed by atoms with van der Waals surface area (Å²) in [5.41, 5.74) is 7.43. The van der Waals surface area contributed by atoms with Crippen LogP contribution in [-0.4, -0.2) is 13.2 Å². The fourth-order valence-electron chi connectivity index (χ4n) is 2.28. The fourth-order valence-corrected chi connectivity index (χ4v) is 2.86. The van der Waals surface area contributed by atoms with Gasteiger partial charge in [0.2, 0.25) is 0 Å². The van der Waals surface area contributed by atoms with Gasteiger partial charge in [0, 0.05) is 10.5 Å². The Bertz CT molecular complexity index is 423. The Balaban J connectivity index is 2.27. The van der Waals surface area contributed by atoms with E-state index in [1.807, 2.05) is 12.1 Å². The molecule has 0 fully saturated rings. The molecule has 2 atom stereocenters. The molecule has 1 aromatic rings. The standard InChI is InChI=1S/C14H20BrNO2/c1-3-4-9(2)14(16)10-7-12-13(8-11(10)15)18-6-5-17-12/h7-9,14H,3-6,16H2,1-2H3. The molecule has 2 rings (SSSR count). The fraction of sp³-hybridized carbons (Fsp3) is 0.571. The van der Waals surface area contributed by atoms with Gasteiger partial charge >= 0.3 is 0 Å². The van der Waals surface area contributed by atoms with Gasteiger partial charge in [0.25, 0.3) is 0 Å². The summed E-state index contributed by atoms with van der Waals surface area (Å²) in [5, 5.41) is 0. The van der Waals surface area contributed by atoms with E-state index >= 15 is 0 Å². The highest BCUT2D eigenvalue weighted by molar-refractivity contribution is 9.10. The Hall–Kier alpha value is -0.740. The lowest BCUT2D eigenvalue weighted by Crippen LogP contribution is -2.21. The van der Waals surface area contributed by atoms with Crippen molar-refractivity contribution in [3.8, 4) is 11.5 Å². The smallest absolute Gasteiger partial charge is 0.162 e. The predicted molar refractivity (Wildman–Crippen MR) is 76.1 cm³/mol. The Labute approximate surface area is 117 Å². The summed E-state index contributed by atoms with van der Waals surface area (Å²) in [6.07, 6.45) is 2.28. The number of halogens is 1. The number of ether oxygens (including phenoxy) is 2. The molecule has 0 bridgehead atoms. The third kappa shape index (κ3) is 2.81. The van der Waals surface area contributed by atoms with Crippen LogP contribution in [0.15, 0.2) is 16.6 Å². The zero-order valence-corrected chi connectivity index (χ0v) is 12.5. The normalized spacial score (nSPS) is 17.3. The second-order valence-electron chi connectivity index (χ2n) is 4.81. The van der Waals surface area contributed by atoms with E-state index in [9.17, 15) is 0 Å². The van der Waals surface area contributed by atoms with Crippen molar-refractivity contribution in [3.63, 3.8) is 0 Å². The third-order valence-electron chi connectivity index (χ3n) is 3.38. The van der Waals surface area contributed by atoms with E-state index in [1.54, 1.807) is 0 Å². The molecule has 0 saturated carbocycles. The van der Waals surface area contributed by atoms with Gasteiger partial charge in [-0.05, 0) is 30.0 Å². The van der Waals surface area contributed by atoms with E-state index < -0.39 is 0 Å². The van der Waals surface area contributed by atoms with Crippen molar-refractivity contribution < 1.29 is 9.47 Å². The van der Waals surface area contributed by atoms with Crippen LogP contribution < -0.4 is 15.2 Å². The van der Waals surface area contributed by atoms with Crippen LogP contribution in [0.1, 0.15) is 38.3 Å². The second-order valence-corrected chi connectivity index (χ2v) is 5.66. The Morgan fingerprint density at radius 1 is 1.28 bits per heavy atom. The molecule has 0 spiro atoms. The summed E-state index contributed by atoms with van der Waals surface area (Å²) in [5.74, 6) is 2.06. The molecule has 0 amide bonds. The molecular formula is C14H20BrNO2. The van der Waals surface area contributed by atoms with Crippen LogP contribution in [0.4, 0.5) is 0 Å². The first-order valence-corrected chi connectivity index (χ1v) is 7.27. The minimum absolute atomic E-state index is 0.0233. The maximum absolute atomic E-state index is 6.33. The highest BCUT2D eigenvalue weighted by Crippen LogP contribution is 2.39. The summed E-state index contributed by atoms with van der Waals surface area (Å²) in [7, 11) is 0. The quantitative estimate of drug-likeness (QED) is 0.922. The molecule has 1 aliphatic heterocycles. The van der Waals surface area contributed by atoms with Crippen LogP contribution >= 0.6 is 15.9 Å². The molecule has 2 N–H and O–H groups in total. The van der Waals surface area contributed by atoms with Crippen molar-refractivity contribution in [3.05, 3.63) is 22.2 Å². The van der Waals surface area contributed by atoms with Gasteiger partial charge in [0.15, 0.2) is 11.5 Å². The van der Waals surface area contributed by atoms with Crippen LogP contribution in [0.25, 0.3) is 0 Å². The van der Waals surface area contributed by atoms with E-state index in [0.717, 1.165) is 34.4 Å². The molecule has 2 unspecified atom stereocenters. The van der Waals surface area contributed by atoms with Crippen molar-refractivity contribution in [2.75, 3.05) is 13.2 Å². The SMILES string of the molecule is CCCC(C)C(N)c1cc2c(cc1Br)OCCO2. The number of nitrogens with two attached hydrogens (primary N) is 1. The van der Waals surface area contributed by atoms with Crippen LogP contribution in [0.3, 0.4) is 0 Å². The van der Waals surface area contributed by atoms with Gasteiger partial charge < -0.3 is 15.2 Å². The first-order chi connectivity index (χ1) is 8.63. The van der Waals surface area contributed by atoms with Gasteiger partial charge in [-0.3, -0.25) is 0 Å². The number of hydrogen-bond acceptors (Lipinski definition) is 3. The Kier molecular flexibility index (Phi) is 4.51. The highest BCUT2D eigenvalue weighted by Gasteiger charge is 2.21. The first kappa shape index (κ1) is 13.7. The van der Waals surface area contributed by atoms with Crippen LogP contribution in [-0.2, 0) is 0 Å². The van der Waals surface area contributed by atoms with E-state index in [2.05, 4.69) is 29.8 Å². The summed E-state index contributed by atoms with van der Waals surface area (Å²) in [6.45, 7) is 5.59. The molecule has 0 saturated heterocycles. The lowest BCUT2D eigenvalue weighted by atomic mass is 9.91. The largest absolute Gasteiger partial charge is 0.486 e. The molecule has 0 aliphatic carbocycles. The van der Waals surface area contributed by atoms with Crippen LogP contribution in [0.5, 0.6) is 11.5 Å². The Morgan fingerprint density at radius 3 is 2.50 bits per heavy atom. The van der Waals surface area contributed by atoms with Gasteiger partial charge in [-0.25, -0.2) is 0 Å². The van der Waals surface area contributed by atoms with E-state index in [4.69, 9.17) is 15.2 Å². The lowest BCUT2D eigenvalue weighted by molar-refractivity contribution is 0.171. The van der Waals surface area contributed by atoms with Crippen LogP contribution in [0, 0.1) is 5.92 Å². The molecule has 0 radical (unpaired) electrons. The van der Waals surface area contributed by atoms with Crippen molar-refractivity contribution in [2.24, 2.45) is 11.7 Å². The molecule has 4 heteroatoms. The van der Waals surface area contributed by atoms with Crippen molar-refractivity contribution in [1.29, 1.82) is 0 Å². The maximum Gasteiger partial charge on any atom is 0.162 e. The zero-order chi connectivity index (χ0) is 13.1. The lowest BCUT2D eigenvalue weighted by Gasteiger charge is -2.24. The molecule has 100 valence electrons. The molecule has 1 aromatic carbocycles. The van der Waals surface area contributed by atoms with Crippen LogP contribution in [0.2, 0.25) is 0 Å². The number of fused-ring (bicyclic) bond motifs is 1. The molecule has 3 nitrogen and oxygen atoms in total. The number of benzene rings is 1. The maximum atomic E-state index is 6.33. The summed E-state index contributed by atoms with van der Waals surface area (Å²) in [6, 6.07) is 3.99. The molecule has 0 aromatic heterocycles. The zero-order valence-electron chi connectivity index (χ0n) is 10.9. The second kappa shape index (κ2) is 5.93. The van der Waals surface area contributed by atoms with E-state index in [1.165, 1.54) is 0 Å². The molecule has 1 aliphatic rings. The molecule has 18 heavy (non-hydrogen) atoms. The van der Waals surface area contributed by atoms with Crippen molar-refractivity contribution >= 4 is 15.9 Å². The highest BCUT2D eigenvalue weighted by atomic mass is 79.9. The average molecular weight is 314 g/mol. The van der Waals surface area contributed by atoms with Gasteiger partial charge in [0.05, 0.1) is 0 Å². The van der Waals surface area contributed by atoms with Gasteiger partial charge in [-0.15, -0.1) is 0 Å². The van der Waals surface area contributed by atoms with Gasteiger partial charge in [0.1, 0.15) is 13.2 Å². The topological polar surface area (TPSA) is 44.5 Å². The van der Waals surface area contributed by atoms with Crippen molar-refractivity contribution in [2.45, 2.75) is 32.7 Å². The minimum Gasteiger partial charge on any atom is -0.486 e. The number of rotatable bonds is 4. The van der Waals surface area contributed by atoms with E-state index in [-0.39, 0.29) is 6.04 Å². The minimum atomic E-state index is 0.0233. The predicted octanol–water partition coefficient (Wildman–Crippen LogP) is 3.66. The van der Waals surface area contributed by atoms with Gasteiger partial charge in [-0.1, -0.05) is 36.2 Å².